The Morgan fingerprint density at radius 2 is 1.67 bits per heavy atom. The molecule has 9 heavy (non-hydrogen) atoms. The van der Waals surface area contributed by atoms with Crippen LogP contribution < -0.4 is 0 Å². The number of ketones is 1. The highest BCUT2D eigenvalue weighted by molar-refractivity contribution is 5.81. The Hall–Kier alpha value is -0.330. The Bertz CT molecular complexity index is 126. The fourth-order valence-corrected chi connectivity index (χ4v) is 2.32. The number of carbonyl (C=O) groups excluding carboxylic acids is 1. The summed E-state index contributed by atoms with van der Waals surface area (Å²) in [6.45, 7) is 0. The third-order valence-corrected chi connectivity index (χ3v) is 2.80. The molecule has 0 aliphatic heterocycles. The number of fused-ring (bicyclic) bond motifs is 1. The van der Waals surface area contributed by atoms with Gasteiger partial charge in [-0.2, -0.15) is 0 Å². The highest BCUT2D eigenvalue weighted by atomic mass is 16.1. The van der Waals surface area contributed by atoms with Crippen molar-refractivity contribution in [2.75, 3.05) is 0 Å². The molecule has 2 rings (SSSR count). The first-order valence-corrected chi connectivity index (χ1v) is 3.88. The van der Waals surface area contributed by atoms with Gasteiger partial charge in [0, 0.05) is 12.8 Å². The van der Waals surface area contributed by atoms with Gasteiger partial charge in [0.2, 0.25) is 0 Å². The van der Waals surface area contributed by atoms with Crippen LogP contribution in [0.2, 0.25) is 0 Å². The van der Waals surface area contributed by atoms with Crippen molar-refractivity contribution in [3.63, 3.8) is 0 Å². The molecule has 0 N–H and O–H groups in total. The highest BCUT2D eigenvalue weighted by Crippen LogP contribution is 2.41. The quantitative estimate of drug-likeness (QED) is 0.481. The maximum Gasteiger partial charge on any atom is 0.133 e. The topological polar surface area (TPSA) is 17.1 Å². The van der Waals surface area contributed by atoms with E-state index in [1.165, 1.54) is 19.3 Å². The Morgan fingerprint density at radius 1 is 1.11 bits per heavy atom. The maximum absolute atomic E-state index is 10.9. The SMILES string of the molecule is O=C1CC2CCC[C@@H]2C1. The second-order valence-electron chi connectivity index (χ2n) is 3.40. The maximum atomic E-state index is 10.9. The molecule has 0 saturated heterocycles. The molecule has 0 aromatic carbocycles. The Labute approximate surface area is 55.4 Å². The molecule has 0 spiro atoms. The van der Waals surface area contributed by atoms with E-state index in [2.05, 4.69) is 0 Å². The standard InChI is InChI=1S/C8H12O/c9-8-4-6-2-1-3-7(6)5-8/h6-7H,1-5H2/t6-,7?/m1/s1. The summed E-state index contributed by atoms with van der Waals surface area (Å²) in [5.74, 6) is 2.12. The lowest BCUT2D eigenvalue weighted by molar-refractivity contribution is -0.117. The smallest absolute Gasteiger partial charge is 0.133 e. The number of hydrogen-bond donors (Lipinski definition) is 0. The molecule has 2 aliphatic carbocycles. The minimum Gasteiger partial charge on any atom is -0.300 e. The van der Waals surface area contributed by atoms with Crippen molar-refractivity contribution in [1.29, 1.82) is 0 Å². The van der Waals surface area contributed by atoms with Gasteiger partial charge in [-0.25, -0.2) is 0 Å². The van der Waals surface area contributed by atoms with Crippen LogP contribution in [-0.2, 0) is 4.79 Å². The van der Waals surface area contributed by atoms with E-state index in [4.69, 9.17) is 0 Å². The molecule has 2 saturated carbocycles. The lowest BCUT2D eigenvalue weighted by Crippen LogP contribution is -1.95. The van der Waals surface area contributed by atoms with E-state index in [-0.39, 0.29) is 0 Å². The van der Waals surface area contributed by atoms with Gasteiger partial charge in [0.15, 0.2) is 0 Å². The van der Waals surface area contributed by atoms with E-state index < -0.39 is 0 Å². The summed E-state index contributed by atoms with van der Waals surface area (Å²) >= 11 is 0. The summed E-state index contributed by atoms with van der Waals surface area (Å²) in [4.78, 5) is 10.9. The number of hydrogen-bond acceptors (Lipinski definition) is 1. The lowest BCUT2D eigenvalue weighted by Gasteiger charge is -2.03. The van der Waals surface area contributed by atoms with E-state index in [9.17, 15) is 4.79 Å². The third-order valence-electron chi connectivity index (χ3n) is 2.80. The molecule has 0 radical (unpaired) electrons. The van der Waals surface area contributed by atoms with Crippen LogP contribution in [0.1, 0.15) is 32.1 Å². The minimum atomic E-state index is 0.518. The summed E-state index contributed by atoms with van der Waals surface area (Å²) in [5.41, 5.74) is 0. The van der Waals surface area contributed by atoms with Gasteiger partial charge < -0.3 is 0 Å². The zero-order chi connectivity index (χ0) is 6.27. The molecule has 2 aliphatic rings. The first kappa shape index (κ1) is 5.45. The largest absolute Gasteiger partial charge is 0.300 e. The molecule has 0 bridgehead atoms. The Kier molecular flexibility index (Phi) is 1.11. The van der Waals surface area contributed by atoms with Gasteiger partial charge in [0.1, 0.15) is 5.78 Å². The van der Waals surface area contributed by atoms with Crippen molar-refractivity contribution < 1.29 is 4.79 Å². The van der Waals surface area contributed by atoms with Gasteiger partial charge in [-0.15, -0.1) is 0 Å². The van der Waals surface area contributed by atoms with Gasteiger partial charge >= 0.3 is 0 Å². The van der Waals surface area contributed by atoms with Crippen LogP contribution in [-0.4, -0.2) is 5.78 Å². The minimum absolute atomic E-state index is 0.518. The predicted octanol–water partition coefficient (Wildman–Crippen LogP) is 1.77. The molecule has 0 heterocycles. The van der Waals surface area contributed by atoms with E-state index in [0.29, 0.717) is 5.78 Å². The first-order valence-electron chi connectivity index (χ1n) is 3.88. The molecular weight excluding hydrogens is 112 g/mol. The summed E-state index contributed by atoms with van der Waals surface area (Å²) in [5, 5.41) is 0. The Morgan fingerprint density at radius 3 is 2.22 bits per heavy atom. The Balaban J connectivity index is 2.09. The van der Waals surface area contributed by atoms with Gasteiger partial charge in [0.25, 0.3) is 0 Å². The average molecular weight is 124 g/mol. The van der Waals surface area contributed by atoms with Crippen LogP contribution in [0.4, 0.5) is 0 Å². The second-order valence-corrected chi connectivity index (χ2v) is 3.40. The molecule has 1 unspecified atom stereocenters. The lowest BCUT2D eigenvalue weighted by atomic mass is 10.0. The van der Waals surface area contributed by atoms with Crippen molar-refractivity contribution >= 4 is 5.78 Å². The van der Waals surface area contributed by atoms with E-state index in [1.54, 1.807) is 0 Å². The van der Waals surface area contributed by atoms with Crippen LogP contribution in [0.25, 0.3) is 0 Å². The van der Waals surface area contributed by atoms with Crippen molar-refractivity contribution in [1.82, 2.24) is 0 Å². The fourth-order valence-electron chi connectivity index (χ4n) is 2.32. The van der Waals surface area contributed by atoms with Crippen LogP contribution >= 0.6 is 0 Å². The van der Waals surface area contributed by atoms with Gasteiger partial charge in [-0.1, -0.05) is 6.42 Å². The van der Waals surface area contributed by atoms with Crippen molar-refractivity contribution in [3.8, 4) is 0 Å². The normalized spacial score (nSPS) is 41.6. The molecule has 0 amide bonds. The van der Waals surface area contributed by atoms with Crippen molar-refractivity contribution in [2.45, 2.75) is 32.1 Å². The second kappa shape index (κ2) is 1.83. The van der Waals surface area contributed by atoms with E-state index in [0.717, 1.165) is 24.7 Å². The molecule has 2 atom stereocenters. The van der Waals surface area contributed by atoms with Crippen molar-refractivity contribution in [2.24, 2.45) is 11.8 Å². The number of Topliss-reactive ketones (excluding diaryl/α,β-unsaturated/α-hetero) is 1. The highest BCUT2D eigenvalue weighted by Gasteiger charge is 2.35. The molecule has 1 heteroatoms. The van der Waals surface area contributed by atoms with Crippen molar-refractivity contribution in [3.05, 3.63) is 0 Å². The fraction of sp³-hybridized carbons (Fsp3) is 0.875. The summed E-state index contributed by atoms with van der Waals surface area (Å²) in [6, 6.07) is 0. The molecule has 50 valence electrons. The zero-order valence-electron chi connectivity index (χ0n) is 5.60. The molecule has 0 aromatic heterocycles. The summed E-state index contributed by atoms with van der Waals surface area (Å²) < 4.78 is 0. The number of rotatable bonds is 0. The van der Waals surface area contributed by atoms with Crippen LogP contribution in [0.15, 0.2) is 0 Å². The van der Waals surface area contributed by atoms with Gasteiger partial charge in [-0.05, 0) is 24.7 Å². The number of carbonyl (C=O) groups is 1. The zero-order valence-corrected chi connectivity index (χ0v) is 5.60. The van der Waals surface area contributed by atoms with Gasteiger partial charge in [0.05, 0.1) is 0 Å². The van der Waals surface area contributed by atoms with Gasteiger partial charge in [-0.3, -0.25) is 4.79 Å². The van der Waals surface area contributed by atoms with Crippen LogP contribution in [0.5, 0.6) is 0 Å². The summed E-state index contributed by atoms with van der Waals surface area (Å²) in [7, 11) is 0. The average Bonchev–Trinajstić information content (AvgIpc) is 2.22. The predicted molar refractivity (Wildman–Crippen MR) is 35.1 cm³/mol. The molecule has 0 aromatic rings. The molecule has 2 fully saturated rings. The first-order chi connectivity index (χ1) is 4.36. The molecular formula is C8H12O. The molecule has 1 nitrogen and oxygen atoms in total. The summed E-state index contributed by atoms with van der Waals surface area (Å²) in [6.07, 6.45) is 5.85. The van der Waals surface area contributed by atoms with E-state index >= 15 is 0 Å². The monoisotopic (exact) mass is 124 g/mol. The third kappa shape index (κ3) is 0.790. The van der Waals surface area contributed by atoms with Crippen LogP contribution in [0, 0.1) is 11.8 Å². The van der Waals surface area contributed by atoms with Crippen LogP contribution in [0.3, 0.4) is 0 Å². The van der Waals surface area contributed by atoms with E-state index in [1.807, 2.05) is 0 Å².